The predicted molar refractivity (Wildman–Crippen MR) is 66.0 cm³/mol. The Kier molecular flexibility index (Phi) is 3.72. The van der Waals surface area contributed by atoms with Gasteiger partial charge in [-0.25, -0.2) is 13.1 Å². The average Bonchev–Trinajstić information content (AvgIpc) is 2.92. The van der Waals surface area contributed by atoms with Crippen molar-refractivity contribution in [2.24, 2.45) is 0 Å². The number of aromatic amines is 1. The fourth-order valence-corrected chi connectivity index (χ4v) is 2.71. The molecule has 1 unspecified atom stereocenters. The molecule has 0 radical (unpaired) electrons. The molecule has 0 saturated carbocycles. The van der Waals surface area contributed by atoms with E-state index < -0.39 is 21.0 Å². The number of non-ortho nitro benzene ring substituents is 1. The van der Waals surface area contributed by atoms with Gasteiger partial charge in [0.25, 0.3) is 5.69 Å². The van der Waals surface area contributed by atoms with Crippen molar-refractivity contribution in [1.82, 2.24) is 25.3 Å². The van der Waals surface area contributed by atoms with Gasteiger partial charge in [0.1, 0.15) is 0 Å². The Balaban J connectivity index is 2.26. The molecular formula is C9H10N6O4S. The minimum absolute atomic E-state index is 0.166. The Labute approximate surface area is 113 Å². The number of hydrogen-bond acceptors (Lipinski definition) is 7. The van der Waals surface area contributed by atoms with Crippen molar-refractivity contribution in [3.05, 3.63) is 40.2 Å². The SMILES string of the molecule is CC(NS(=O)(=O)c1cccc([N+](=O)[O-])c1)c1nn[nH]n1. The number of aromatic nitrogens is 4. The second-order valence-electron chi connectivity index (χ2n) is 3.87. The van der Waals surface area contributed by atoms with Gasteiger partial charge in [0, 0.05) is 12.1 Å². The minimum atomic E-state index is -3.92. The largest absolute Gasteiger partial charge is 0.270 e. The summed E-state index contributed by atoms with van der Waals surface area (Å²) in [6, 6.07) is 4.02. The second-order valence-corrected chi connectivity index (χ2v) is 5.58. The zero-order valence-corrected chi connectivity index (χ0v) is 11.0. The van der Waals surface area contributed by atoms with E-state index in [1.807, 2.05) is 0 Å². The molecule has 0 aliphatic heterocycles. The molecule has 1 aromatic heterocycles. The number of nitro groups is 1. The van der Waals surface area contributed by atoms with Gasteiger partial charge in [-0.15, -0.1) is 10.2 Å². The molecule has 10 nitrogen and oxygen atoms in total. The smallest absolute Gasteiger partial charge is 0.258 e. The van der Waals surface area contributed by atoms with E-state index in [-0.39, 0.29) is 16.4 Å². The first-order valence-corrected chi connectivity index (χ1v) is 6.88. The Morgan fingerprint density at radius 3 is 2.80 bits per heavy atom. The maximum atomic E-state index is 12.1. The number of hydrogen-bond donors (Lipinski definition) is 2. The molecule has 1 aromatic carbocycles. The summed E-state index contributed by atoms with van der Waals surface area (Å²) in [4.78, 5) is 9.78. The van der Waals surface area contributed by atoms with E-state index in [2.05, 4.69) is 25.3 Å². The number of nitro benzene ring substituents is 1. The first-order valence-electron chi connectivity index (χ1n) is 5.40. The topological polar surface area (TPSA) is 144 Å². The second kappa shape index (κ2) is 5.30. The lowest BCUT2D eigenvalue weighted by Crippen LogP contribution is -2.27. The molecule has 0 aliphatic rings. The third-order valence-electron chi connectivity index (χ3n) is 2.42. The van der Waals surface area contributed by atoms with Gasteiger partial charge in [-0.1, -0.05) is 11.3 Å². The van der Waals surface area contributed by atoms with Crippen LogP contribution in [0.4, 0.5) is 5.69 Å². The van der Waals surface area contributed by atoms with Crippen molar-refractivity contribution >= 4 is 15.7 Å². The Bertz CT molecular complexity index is 714. The molecule has 0 bridgehead atoms. The fourth-order valence-electron chi connectivity index (χ4n) is 1.47. The van der Waals surface area contributed by atoms with Crippen LogP contribution in [0.15, 0.2) is 29.2 Å². The minimum Gasteiger partial charge on any atom is -0.258 e. The van der Waals surface area contributed by atoms with E-state index in [1.54, 1.807) is 0 Å². The van der Waals surface area contributed by atoms with Crippen LogP contribution in [0.3, 0.4) is 0 Å². The molecule has 0 saturated heterocycles. The van der Waals surface area contributed by atoms with Gasteiger partial charge in [-0.2, -0.15) is 5.21 Å². The molecule has 0 aliphatic carbocycles. The van der Waals surface area contributed by atoms with Crippen LogP contribution in [-0.4, -0.2) is 34.0 Å². The zero-order chi connectivity index (χ0) is 14.8. The van der Waals surface area contributed by atoms with Crippen LogP contribution >= 0.6 is 0 Å². The number of sulfonamides is 1. The molecule has 1 atom stereocenters. The van der Waals surface area contributed by atoms with E-state index in [1.165, 1.54) is 25.1 Å². The standard InChI is InChI=1S/C9H10N6O4S/c1-6(9-10-13-14-11-9)12-20(18,19)8-4-2-3-7(5-8)15(16)17/h2-6,12H,1H3,(H,10,11,13,14). The third kappa shape index (κ3) is 2.95. The Morgan fingerprint density at radius 2 is 2.20 bits per heavy atom. The van der Waals surface area contributed by atoms with Crippen LogP contribution in [0.2, 0.25) is 0 Å². The molecule has 0 fully saturated rings. The van der Waals surface area contributed by atoms with Crippen molar-refractivity contribution in [3.8, 4) is 0 Å². The van der Waals surface area contributed by atoms with Gasteiger partial charge >= 0.3 is 0 Å². The third-order valence-corrected chi connectivity index (χ3v) is 3.96. The molecule has 106 valence electrons. The Morgan fingerprint density at radius 1 is 1.45 bits per heavy atom. The lowest BCUT2D eigenvalue weighted by molar-refractivity contribution is -0.385. The van der Waals surface area contributed by atoms with E-state index in [0.717, 1.165) is 6.07 Å². The maximum Gasteiger partial charge on any atom is 0.270 e. The van der Waals surface area contributed by atoms with E-state index in [4.69, 9.17) is 0 Å². The first-order chi connectivity index (χ1) is 9.40. The summed E-state index contributed by atoms with van der Waals surface area (Å²) in [6.07, 6.45) is 0. The summed E-state index contributed by atoms with van der Waals surface area (Å²) in [6.45, 7) is 1.53. The number of nitrogens with one attached hydrogen (secondary N) is 2. The zero-order valence-electron chi connectivity index (χ0n) is 10.2. The number of H-pyrrole nitrogens is 1. The van der Waals surface area contributed by atoms with Gasteiger partial charge in [-0.3, -0.25) is 10.1 Å². The van der Waals surface area contributed by atoms with Crippen LogP contribution in [0.5, 0.6) is 0 Å². The van der Waals surface area contributed by atoms with Crippen LogP contribution in [0, 0.1) is 10.1 Å². The van der Waals surface area contributed by atoms with E-state index >= 15 is 0 Å². The van der Waals surface area contributed by atoms with Gasteiger partial charge in [0.05, 0.1) is 15.9 Å². The highest BCUT2D eigenvalue weighted by molar-refractivity contribution is 7.89. The quantitative estimate of drug-likeness (QED) is 0.590. The van der Waals surface area contributed by atoms with Crippen molar-refractivity contribution in [2.45, 2.75) is 17.9 Å². The van der Waals surface area contributed by atoms with Crippen LogP contribution in [0.1, 0.15) is 18.8 Å². The number of tetrazole rings is 1. The molecule has 0 amide bonds. The number of nitrogens with zero attached hydrogens (tertiary/aromatic N) is 4. The molecule has 1 heterocycles. The normalized spacial score (nSPS) is 13.1. The van der Waals surface area contributed by atoms with E-state index in [9.17, 15) is 18.5 Å². The summed E-state index contributed by atoms with van der Waals surface area (Å²) < 4.78 is 26.5. The molecule has 2 rings (SSSR count). The molecule has 11 heteroatoms. The molecule has 20 heavy (non-hydrogen) atoms. The first kappa shape index (κ1) is 14.0. The van der Waals surface area contributed by atoms with Gasteiger partial charge in [0.15, 0.2) is 5.82 Å². The summed E-state index contributed by atoms with van der Waals surface area (Å²) >= 11 is 0. The number of benzene rings is 1. The monoisotopic (exact) mass is 298 g/mol. The predicted octanol–water partition coefficient (Wildman–Crippen LogP) is 0.147. The van der Waals surface area contributed by atoms with Crippen molar-refractivity contribution in [2.75, 3.05) is 0 Å². The van der Waals surface area contributed by atoms with E-state index in [0.29, 0.717) is 0 Å². The summed E-state index contributed by atoms with van der Waals surface area (Å²) in [5.74, 6) is 0.166. The van der Waals surface area contributed by atoms with Crippen molar-refractivity contribution in [1.29, 1.82) is 0 Å². The highest BCUT2D eigenvalue weighted by Crippen LogP contribution is 2.19. The molecule has 2 aromatic rings. The van der Waals surface area contributed by atoms with Crippen molar-refractivity contribution < 1.29 is 13.3 Å². The van der Waals surface area contributed by atoms with Gasteiger partial charge in [-0.05, 0) is 13.0 Å². The van der Waals surface area contributed by atoms with Gasteiger partial charge in [0.2, 0.25) is 10.0 Å². The number of rotatable bonds is 5. The highest BCUT2D eigenvalue weighted by Gasteiger charge is 2.22. The molecule has 0 spiro atoms. The lowest BCUT2D eigenvalue weighted by atomic mass is 10.3. The lowest BCUT2D eigenvalue weighted by Gasteiger charge is -2.10. The van der Waals surface area contributed by atoms with Crippen LogP contribution < -0.4 is 4.72 Å². The fraction of sp³-hybridized carbons (Fsp3) is 0.222. The molecular weight excluding hydrogens is 288 g/mol. The Hall–Kier alpha value is -2.40. The van der Waals surface area contributed by atoms with Crippen LogP contribution in [0.25, 0.3) is 0 Å². The maximum absolute atomic E-state index is 12.1. The molecule has 2 N–H and O–H groups in total. The van der Waals surface area contributed by atoms with Gasteiger partial charge < -0.3 is 0 Å². The highest BCUT2D eigenvalue weighted by atomic mass is 32.2. The van der Waals surface area contributed by atoms with Crippen molar-refractivity contribution in [3.63, 3.8) is 0 Å². The average molecular weight is 298 g/mol. The summed E-state index contributed by atoms with van der Waals surface area (Å²) in [5, 5.41) is 23.5. The summed E-state index contributed by atoms with van der Waals surface area (Å²) in [5.41, 5.74) is -0.305. The van der Waals surface area contributed by atoms with Crippen LogP contribution in [-0.2, 0) is 10.0 Å². The summed E-state index contributed by atoms with van der Waals surface area (Å²) in [7, 11) is -3.92.